The lowest BCUT2D eigenvalue weighted by molar-refractivity contribution is -0.121. The van der Waals surface area contributed by atoms with Crippen LogP contribution in [0.1, 0.15) is 50.2 Å². The van der Waals surface area contributed by atoms with Crippen LogP contribution < -0.4 is 15.0 Å². The summed E-state index contributed by atoms with van der Waals surface area (Å²) in [7, 11) is -1.95. The quantitative estimate of drug-likeness (QED) is 0.565. The molecule has 2 aliphatic rings. The molecule has 2 fully saturated rings. The van der Waals surface area contributed by atoms with Crippen LogP contribution in [0.25, 0.3) is 0 Å². The van der Waals surface area contributed by atoms with Gasteiger partial charge >= 0.3 is 0 Å². The molecule has 190 valence electrons. The van der Waals surface area contributed by atoms with Crippen molar-refractivity contribution in [1.82, 2.24) is 9.62 Å². The summed E-state index contributed by atoms with van der Waals surface area (Å²) in [5.74, 6) is 1.25. The van der Waals surface area contributed by atoms with E-state index >= 15 is 0 Å². The Balaban J connectivity index is 1.32. The molecule has 0 radical (unpaired) electrons. The molecule has 0 aliphatic carbocycles. The van der Waals surface area contributed by atoms with Crippen molar-refractivity contribution >= 4 is 21.6 Å². The number of anilines is 1. The first kappa shape index (κ1) is 25.5. The molecule has 0 bridgehead atoms. The van der Waals surface area contributed by atoms with Crippen LogP contribution >= 0.6 is 0 Å². The average molecular weight is 500 g/mol. The van der Waals surface area contributed by atoms with Crippen molar-refractivity contribution in [1.29, 1.82) is 0 Å². The highest BCUT2D eigenvalue weighted by Crippen LogP contribution is 2.27. The fourth-order valence-corrected chi connectivity index (χ4v) is 6.54. The topological polar surface area (TPSA) is 79.0 Å². The van der Waals surface area contributed by atoms with Gasteiger partial charge in [0.1, 0.15) is 5.75 Å². The molecule has 2 aromatic carbocycles. The molecule has 1 amide bonds. The minimum Gasteiger partial charge on any atom is -0.496 e. The van der Waals surface area contributed by atoms with Crippen LogP contribution in [0.2, 0.25) is 0 Å². The fraction of sp³-hybridized carbons (Fsp3) is 0.519. The minimum atomic E-state index is -3.51. The predicted molar refractivity (Wildman–Crippen MR) is 138 cm³/mol. The minimum absolute atomic E-state index is 0.0752. The molecule has 1 unspecified atom stereocenters. The van der Waals surface area contributed by atoms with Gasteiger partial charge in [0, 0.05) is 44.8 Å². The number of amides is 1. The molecule has 35 heavy (non-hydrogen) atoms. The number of aryl methyl sites for hydroxylation is 1. The first-order chi connectivity index (χ1) is 16.9. The summed E-state index contributed by atoms with van der Waals surface area (Å²) in [4.78, 5) is 15.2. The van der Waals surface area contributed by atoms with Gasteiger partial charge in [-0.15, -0.1) is 0 Å². The van der Waals surface area contributed by atoms with E-state index in [-0.39, 0.29) is 17.2 Å². The zero-order valence-electron chi connectivity index (χ0n) is 20.8. The molecule has 0 spiro atoms. The number of piperidine rings is 1. The van der Waals surface area contributed by atoms with E-state index in [1.807, 2.05) is 0 Å². The monoisotopic (exact) mass is 499 g/mol. The van der Waals surface area contributed by atoms with E-state index in [1.165, 1.54) is 22.8 Å². The van der Waals surface area contributed by atoms with Gasteiger partial charge in [0.25, 0.3) is 0 Å². The molecule has 1 N–H and O–H groups in total. The zero-order chi connectivity index (χ0) is 24.8. The van der Waals surface area contributed by atoms with Gasteiger partial charge in [0.2, 0.25) is 15.9 Å². The third-order valence-electron chi connectivity index (χ3n) is 7.02. The second kappa shape index (κ2) is 11.4. The summed E-state index contributed by atoms with van der Waals surface area (Å²) in [6.45, 7) is 6.09. The maximum absolute atomic E-state index is 12.9. The third kappa shape index (κ3) is 6.35. The van der Waals surface area contributed by atoms with Crippen molar-refractivity contribution in [2.24, 2.45) is 5.92 Å². The second-order valence-electron chi connectivity index (χ2n) is 9.72. The number of carbonyl (C=O) groups is 1. The Morgan fingerprint density at radius 2 is 1.80 bits per heavy atom. The van der Waals surface area contributed by atoms with Crippen LogP contribution in [0, 0.1) is 5.92 Å². The Labute approximate surface area is 209 Å². The van der Waals surface area contributed by atoms with E-state index in [0.29, 0.717) is 31.8 Å². The number of carbonyl (C=O) groups excluding carboxylic acids is 1. The molecule has 2 aromatic rings. The van der Waals surface area contributed by atoms with E-state index in [4.69, 9.17) is 4.74 Å². The van der Waals surface area contributed by atoms with Crippen LogP contribution in [-0.4, -0.2) is 51.9 Å². The van der Waals surface area contributed by atoms with Crippen LogP contribution in [-0.2, 0) is 27.8 Å². The predicted octanol–water partition coefficient (Wildman–Crippen LogP) is 3.97. The molecule has 2 heterocycles. The van der Waals surface area contributed by atoms with E-state index in [2.05, 4.69) is 41.4 Å². The maximum atomic E-state index is 12.9. The van der Waals surface area contributed by atoms with Crippen LogP contribution in [0.15, 0.2) is 47.4 Å². The number of methoxy groups -OCH3 is 1. The standard InChI is InChI=1S/C27H37N3O4S/c1-21-6-5-15-29(20-21)24-10-7-22(8-11-24)19-28-27(31)14-9-23-18-25(12-13-26(23)34-2)35(32,33)30-16-3-4-17-30/h7-8,10-13,18,21H,3-6,9,14-17,19-20H2,1-2H3,(H,28,31). The van der Waals surface area contributed by atoms with Gasteiger partial charge in [-0.2, -0.15) is 4.31 Å². The van der Waals surface area contributed by atoms with Crippen molar-refractivity contribution in [3.05, 3.63) is 53.6 Å². The second-order valence-corrected chi connectivity index (χ2v) is 11.7. The van der Waals surface area contributed by atoms with Gasteiger partial charge in [-0.05, 0) is 79.5 Å². The van der Waals surface area contributed by atoms with E-state index < -0.39 is 10.0 Å². The van der Waals surface area contributed by atoms with Gasteiger partial charge in [-0.3, -0.25) is 4.79 Å². The zero-order valence-corrected chi connectivity index (χ0v) is 21.6. The van der Waals surface area contributed by atoms with Gasteiger partial charge < -0.3 is 15.0 Å². The van der Waals surface area contributed by atoms with E-state index in [9.17, 15) is 13.2 Å². The first-order valence-corrected chi connectivity index (χ1v) is 14.1. The third-order valence-corrected chi connectivity index (χ3v) is 8.92. The number of hydrogen-bond donors (Lipinski definition) is 1. The number of ether oxygens (including phenoxy) is 1. The largest absolute Gasteiger partial charge is 0.496 e. The lowest BCUT2D eigenvalue weighted by Gasteiger charge is -2.32. The summed E-state index contributed by atoms with van der Waals surface area (Å²) in [5, 5.41) is 2.98. The van der Waals surface area contributed by atoms with Gasteiger partial charge in [-0.25, -0.2) is 8.42 Å². The van der Waals surface area contributed by atoms with Crippen LogP contribution in [0.3, 0.4) is 0 Å². The smallest absolute Gasteiger partial charge is 0.243 e. The molecular weight excluding hydrogens is 462 g/mol. The average Bonchev–Trinajstić information content (AvgIpc) is 3.42. The normalized spacial score (nSPS) is 19.0. The first-order valence-electron chi connectivity index (χ1n) is 12.6. The Morgan fingerprint density at radius 1 is 1.06 bits per heavy atom. The number of nitrogens with zero attached hydrogens (tertiary/aromatic N) is 2. The maximum Gasteiger partial charge on any atom is 0.243 e. The van der Waals surface area contributed by atoms with E-state index in [1.54, 1.807) is 25.3 Å². The summed E-state index contributed by atoms with van der Waals surface area (Å²) < 4.78 is 32.8. The number of rotatable bonds is 9. The summed E-state index contributed by atoms with van der Waals surface area (Å²) in [5.41, 5.74) is 3.02. The van der Waals surface area contributed by atoms with Gasteiger partial charge in [0.05, 0.1) is 12.0 Å². The Hall–Kier alpha value is -2.58. The highest BCUT2D eigenvalue weighted by atomic mass is 32.2. The SMILES string of the molecule is COc1ccc(S(=O)(=O)N2CCCC2)cc1CCC(=O)NCc1ccc(N2CCCC(C)C2)cc1. The van der Waals surface area contributed by atoms with E-state index in [0.717, 1.165) is 43.0 Å². The molecular formula is C27H37N3O4S. The molecule has 2 saturated heterocycles. The Kier molecular flexibility index (Phi) is 8.34. The highest BCUT2D eigenvalue weighted by Gasteiger charge is 2.27. The van der Waals surface area contributed by atoms with Gasteiger partial charge in [-0.1, -0.05) is 19.1 Å². The Morgan fingerprint density at radius 3 is 2.49 bits per heavy atom. The fourth-order valence-electron chi connectivity index (χ4n) is 4.97. The summed E-state index contributed by atoms with van der Waals surface area (Å²) in [6, 6.07) is 13.3. The van der Waals surface area contributed by atoms with Crippen molar-refractivity contribution in [3.8, 4) is 5.75 Å². The lowest BCUT2D eigenvalue weighted by atomic mass is 9.99. The van der Waals surface area contributed by atoms with Crippen molar-refractivity contribution < 1.29 is 17.9 Å². The molecule has 4 rings (SSSR count). The molecule has 7 nitrogen and oxygen atoms in total. The van der Waals surface area contributed by atoms with Crippen molar-refractivity contribution in [2.45, 2.75) is 56.9 Å². The number of sulfonamides is 1. The summed E-state index contributed by atoms with van der Waals surface area (Å²) >= 11 is 0. The van der Waals surface area contributed by atoms with Gasteiger partial charge in [0.15, 0.2) is 0 Å². The lowest BCUT2D eigenvalue weighted by Crippen LogP contribution is -2.34. The molecule has 2 aliphatic heterocycles. The molecule has 0 aromatic heterocycles. The number of nitrogens with one attached hydrogen (secondary N) is 1. The molecule has 0 saturated carbocycles. The highest BCUT2D eigenvalue weighted by molar-refractivity contribution is 7.89. The molecule has 1 atom stereocenters. The summed E-state index contributed by atoms with van der Waals surface area (Å²) in [6.07, 6.45) is 4.98. The van der Waals surface area contributed by atoms with Crippen LogP contribution in [0.4, 0.5) is 5.69 Å². The number of benzene rings is 2. The number of hydrogen-bond acceptors (Lipinski definition) is 5. The van der Waals surface area contributed by atoms with Crippen molar-refractivity contribution in [3.63, 3.8) is 0 Å². The van der Waals surface area contributed by atoms with Crippen molar-refractivity contribution in [2.75, 3.05) is 38.2 Å². The van der Waals surface area contributed by atoms with Crippen LogP contribution in [0.5, 0.6) is 5.75 Å². The Bertz CT molecular complexity index is 1110. The molecule has 8 heteroatoms.